The normalized spacial score (nSPS) is 14.6. The average Bonchev–Trinajstić information content (AvgIpc) is 2.80. The lowest BCUT2D eigenvalue weighted by atomic mass is 9.85. The van der Waals surface area contributed by atoms with E-state index in [2.05, 4.69) is 0 Å². The summed E-state index contributed by atoms with van der Waals surface area (Å²) < 4.78 is 54.6. The van der Waals surface area contributed by atoms with E-state index in [1.807, 2.05) is 0 Å². The number of hydrogen-bond acceptors (Lipinski definition) is 5. The first-order chi connectivity index (χ1) is 17.2. The molecule has 2 aromatic carbocycles. The zero-order valence-electron chi connectivity index (χ0n) is 20.0. The quantitative estimate of drug-likeness (QED) is 0.412. The smallest absolute Gasteiger partial charge is 0.416 e. The number of carbonyl (C=O) groups is 2. The molecule has 1 saturated carbocycles. The van der Waals surface area contributed by atoms with Gasteiger partial charge in [0, 0.05) is 19.6 Å². The van der Waals surface area contributed by atoms with Gasteiger partial charge in [-0.15, -0.1) is 0 Å². The molecule has 0 aliphatic heterocycles. The lowest BCUT2D eigenvalue weighted by Gasteiger charge is -2.31. The molecule has 1 amide bonds. The van der Waals surface area contributed by atoms with Crippen LogP contribution in [-0.4, -0.2) is 54.5 Å². The molecule has 2 aromatic rings. The Bertz CT molecular complexity index is 990. The molecule has 196 valence electrons. The SMILES string of the molecule is CCOC(Cc1ccc(OCCN(CC2CCC2)C(=O)Oc2ccc(C(F)(F)F)cc2)cc1)C(=O)O. The minimum Gasteiger partial charge on any atom is -0.492 e. The largest absolute Gasteiger partial charge is 0.492 e. The maximum absolute atomic E-state index is 12.8. The van der Waals surface area contributed by atoms with Crippen molar-refractivity contribution in [2.24, 2.45) is 5.92 Å². The standard InChI is InChI=1S/C26H30F3NO6/c1-2-34-23(24(31)32)16-18-6-10-21(11-7-18)35-15-14-30(17-19-4-3-5-19)25(33)36-22-12-8-20(9-13-22)26(27,28)29/h6-13,19,23H,2-5,14-17H2,1H3,(H,31,32). The molecule has 0 heterocycles. The summed E-state index contributed by atoms with van der Waals surface area (Å²) >= 11 is 0. The number of carboxylic acid groups (broad SMARTS) is 1. The number of amides is 1. The van der Waals surface area contributed by atoms with Crippen LogP contribution in [0.3, 0.4) is 0 Å². The van der Waals surface area contributed by atoms with Gasteiger partial charge in [0.05, 0.1) is 12.1 Å². The molecule has 3 rings (SSSR count). The average molecular weight is 510 g/mol. The minimum absolute atomic E-state index is 0.0369. The maximum Gasteiger partial charge on any atom is 0.416 e. The van der Waals surface area contributed by atoms with E-state index in [-0.39, 0.29) is 25.3 Å². The fourth-order valence-corrected chi connectivity index (χ4v) is 3.75. The molecule has 0 spiro atoms. The number of carboxylic acids is 1. The summed E-state index contributed by atoms with van der Waals surface area (Å²) in [5.41, 5.74) is -0.0284. The molecule has 0 aromatic heterocycles. The zero-order chi connectivity index (χ0) is 26.1. The topological polar surface area (TPSA) is 85.3 Å². The Morgan fingerprint density at radius 2 is 1.69 bits per heavy atom. The van der Waals surface area contributed by atoms with Gasteiger partial charge in [0.25, 0.3) is 0 Å². The molecular weight excluding hydrogens is 479 g/mol. The lowest BCUT2D eigenvalue weighted by molar-refractivity contribution is -0.150. The van der Waals surface area contributed by atoms with Crippen LogP contribution in [0.5, 0.6) is 11.5 Å². The third-order valence-corrected chi connectivity index (χ3v) is 5.97. The van der Waals surface area contributed by atoms with Gasteiger partial charge in [-0.3, -0.25) is 0 Å². The Kier molecular flexibility index (Phi) is 9.58. The number of carbonyl (C=O) groups excluding carboxylic acids is 1. The number of hydrogen-bond donors (Lipinski definition) is 1. The number of benzene rings is 2. The van der Waals surface area contributed by atoms with E-state index in [4.69, 9.17) is 14.2 Å². The molecule has 36 heavy (non-hydrogen) atoms. The van der Waals surface area contributed by atoms with Crippen molar-refractivity contribution in [1.82, 2.24) is 4.90 Å². The maximum atomic E-state index is 12.8. The Labute approximate surface area is 207 Å². The number of alkyl halides is 3. The molecule has 0 radical (unpaired) electrons. The Morgan fingerprint density at radius 1 is 1.06 bits per heavy atom. The molecule has 7 nitrogen and oxygen atoms in total. The van der Waals surface area contributed by atoms with Crippen LogP contribution >= 0.6 is 0 Å². The van der Waals surface area contributed by atoms with Gasteiger partial charge in [0.1, 0.15) is 18.1 Å². The van der Waals surface area contributed by atoms with Crippen molar-refractivity contribution in [3.05, 3.63) is 59.7 Å². The molecule has 1 unspecified atom stereocenters. The lowest BCUT2D eigenvalue weighted by Crippen LogP contribution is -2.41. The van der Waals surface area contributed by atoms with Crippen molar-refractivity contribution in [1.29, 1.82) is 0 Å². The van der Waals surface area contributed by atoms with Gasteiger partial charge in [-0.05, 0) is 67.6 Å². The van der Waals surface area contributed by atoms with Crippen LogP contribution in [-0.2, 0) is 22.1 Å². The van der Waals surface area contributed by atoms with Crippen LogP contribution in [0.1, 0.15) is 37.3 Å². The van der Waals surface area contributed by atoms with Gasteiger partial charge in [0.15, 0.2) is 6.10 Å². The van der Waals surface area contributed by atoms with Crippen LogP contribution in [0, 0.1) is 5.92 Å². The van der Waals surface area contributed by atoms with E-state index < -0.39 is 29.9 Å². The molecule has 10 heteroatoms. The predicted molar refractivity (Wildman–Crippen MR) is 125 cm³/mol. The number of rotatable bonds is 12. The number of nitrogens with zero attached hydrogens (tertiary/aromatic N) is 1. The van der Waals surface area contributed by atoms with E-state index in [0.717, 1.165) is 49.1 Å². The fourth-order valence-electron chi connectivity index (χ4n) is 3.75. The Balaban J connectivity index is 1.54. The number of ether oxygens (including phenoxy) is 3. The van der Waals surface area contributed by atoms with E-state index in [1.54, 1.807) is 31.2 Å². The van der Waals surface area contributed by atoms with Crippen LogP contribution in [0.15, 0.2) is 48.5 Å². The summed E-state index contributed by atoms with van der Waals surface area (Å²) in [6.07, 6.45) is -2.68. The molecule has 1 aliphatic rings. The van der Waals surface area contributed by atoms with E-state index in [1.165, 1.54) is 4.90 Å². The second-order valence-corrected chi connectivity index (χ2v) is 8.61. The first-order valence-corrected chi connectivity index (χ1v) is 11.9. The molecule has 0 saturated heterocycles. The van der Waals surface area contributed by atoms with Crippen molar-refractivity contribution in [3.63, 3.8) is 0 Å². The number of aliphatic carboxylic acids is 1. The highest BCUT2D eigenvalue weighted by Crippen LogP contribution is 2.31. The van der Waals surface area contributed by atoms with E-state index >= 15 is 0 Å². The van der Waals surface area contributed by atoms with Crippen LogP contribution in [0.2, 0.25) is 0 Å². The van der Waals surface area contributed by atoms with E-state index in [0.29, 0.717) is 24.8 Å². The van der Waals surface area contributed by atoms with Gasteiger partial charge in [-0.1, -0.05) is 18.6 Å². The van der Waals surface area contributed by atoms with Gasteiger partial charge in [-0.2, -0.15) is 13.2 Å². The first kappa shape index (κ1) is 27.3. The number of halogens is 3. The van der Waals surface area contributed by atoms with Gasteiger partial charge < -0.3 is 24.2 Å². The molecule has 1 N–H and O–H groups in total. The Morgan fingerprint density at radius 3 is 2.22 bits per heavy atom. The molecule has 1 fully saturated rings. The van der Waals surface area contributed by atoms with Crippen molar-refractivity contribution in [2.75, 3.05) is 26.3 Å². The van der Waals surface area contributed by atoms with Crippen LogP contribution < -0.4 is 9.47 Å². The van der Waals surface area contributed by atoms with Gasteiger partial charge >= 0.3 is 18.2 Å². The van der Waals surface area contributed by atoms with E-state index in [9.17, 15) is 27.9 Å². The molecular formula is C26H30F3NO6. The summed E-state index contributed by atoms with van der Waals surface area (Å²) in [5, 5.41) is 9.22. The highest BCUT2D eigenvalue weighted by Gasteiger charge is 2.30. The highest BCUT2D eigenvalue weighted by molar-refractivity contribution is 5.72. The Hall–Kier alpha value is -3.27. The third kappa shape index (κ3) is 8.15. The predicted octanol–water partition coefficient (Wildman–Crippen LogP) is 5.42. The van der Waals surface area contributed by atoms with Crippen molar-refractivity contribution < 1.29 is 42.1 Å². The minimum atomic E-state index is -4.46. The summed E-state index contributed by atoms with van der Waals surface area (Å²) in [6.45, 7) is 2.95. The molecule has 0 bridgehead atoms. The monoisotopic (exact) mass is 509 g/mol. The summed E-state index contributed by atoms with van der Waals surface area (Å²) in [5.74, 6) is -0.0690. The molecule has 1 aliphatic carbocycles. The van der Waals surface area contributed by atoms with Crippen molar-refractivity contribution in [3.8, 4) is 11.5 Å². The summed E-state index contributed by atoms with van der Waals surface area (Å²) in [4.78, 5) is 25.5. The first-order valence-electron chi connectivity index (χ1n) is 11.9. The van der Waals surface area contributed by atoms with Crippen molar-refractivity contribution >= 4 is 12.1 Å². The van der Waals surface area contributed by atoms with Crippen LogP contribution in [0.25, 0.3) is 0 Å². The summed E-state index contributed by atoms with van der Waals surface area (Å²) in [7, 11) is 0. The summed E-state index contributed by atoms with van der Waals surface area (Å²) in [6, 6.07) is 11.0. The molecule has 1 atom stereocenters. The second-order valence-electron chi connectivity index (χ2n) is 8.61. The van der Waals surface area contributed by atoms with Gasteiger partial charge in [0.2, 0.25) is 0 Å². The third-order valence-electron chi connectivity index (χ3n) is 5.97. The zero-order valence-corrected chi connectivity index (χ0v) is 20.0. The highest BCUT2D eigenvalue weighted by atomic mass is 19.4. The van der Waals surface area contributed by atoms with Crippen LogP contribution in [0.4, 0.5) is 18.0 Å². The fraction of sp³-hybridized carbons (Fsp3) is 0.462. The van der Waals surface area contributed by atoms with Crippen molar-refractivity contribution in [2.45, 2.75) is 44.9 Å². The second kappa shape index (κ2) is 12.6. The van der Waals surface area contributed by atoms with Gasteiger partial charge in [-0.25, -0.2) is 9.59 Å².